The predicted octanol–water partition coefficient (Wildman–Crippen LogP) is 3.80. The number of likely N-dealkylation sites (N-methyl/N-ethyl adjacent to an activating group) is 1. The summed E-state index contributed by atoms with van der Waals surface area (Å²) < 4.78 is 9.42. The van der Waals surface area contributed by atoms with Crippen LogP contribution in [0.5, 0.6) is 0 Å². The van der Waals surface area contributed by atoms with E-state index in [0.717, 1.165) is 24.4 Å². The summed E-state index contributed by atoms with van der Waals surface area (Å²) in [6, 6.07) is 7.08. The number of esters is 1. The Hall–Kier alpha value is -2.45. The second-order valence-electron chi connectivity index (χ2n) is 7.22. The van der Waals surface area contributed by atoms with Crippen molar-refractivity contribution in [2.75, 3.05) is 26.0 Å². The van der Waals surface area contributed by atoms with Crippen LogP contribution < -0.4 is 5.32 Å². The van der Waals surface area contributed by atoms with Crippen LogP contribution >= 0.6 is 23.1 Å². The number of aryl methyl sites for hydroxylation is 1. The topological polar surface area (TPSA) is 88.6 Å². The minimum atomic E-state index is -1.16. The maximum Gasteiger partial charge on any atom is 0.343 e. The fourth-order valence-corrected chi connectivity index (χ4v) is 4.94. The Balaban J connectivity index is 1.83. The molecule has 0 unspecified atom stereocenters. The van der Waals surface area contributed by atoms with E-state index in [4.69, 9.17) is 16.3 Å². The van der Waals surface area contributed by atoms with Gasteiger partial charge in [0.25, 0.3) is 5.91 Å². The number of nitrogens with zero attached hydrogens (tertiary/aromatic N) is 2. The summed E-state index contributed by atoms with van der Waals surface area (Å²) >= 11 is 7.57. The number of carbonyl (C=O) groups excluding carboxylic acids is 3. The van der Waals surface area contributed by atoms with Crippen molar-refractivity contribution in [3.05, 3.63) is 46.1 Å². The van der Waals surface area contributed by atoms with Crippen LogP contribution in [0.1, 0.15) is 47.3 Å². The number of carbonyl (C=O) groups is 3. The summed E-state index contributed by atoms with van der Waals surface area (Å²) in [7, 11) is 3.25. The van der Waals surface area contributed by atoms with Crippen LogP contribution in [0.25, 0.3) is 0 Å². The highest BCUT2D eigenvalue weighted by atomic mass is 35.5. The van der Waals surface area contributed by atoms with Gasteiger partial charge in [-0.1, -0.05) is 29.8 Å². The minimum absolute atomic E-state index is 0.0561. The van der Waals surface area contributed by atoms with E-state index >= 15 is 0 Å². The number of nitrogens with one attached hydrogen (secondary N) is 1. The van der Waals surface area contributed by atoms with Crippen molar-refractivity contribution in [3.63, 3.8) is 0 Å². The van der Waals surface area contributed by atoms with E-state index in [1.165, 1.54) is 4.90 Å². The van der Waals surface area contributed by atoms with Crippen molar-refractivity contribution in [2.45, 2.75) is 38.1 Å². The zero-order valence-electron chi connectivity index (χ0n) is 17.2. The number of benzene rings is 1. The summed E-state index contributed by atoms with van der Waals surface area (Å²) in [6.45, 7) is 1.22. The van der Waals surface area contributed by atoms with Gasteiger partial charge in [0.1, 0.15) is 16.1 Å². The molecule has 1 aliphatic rings. The maximum absolute atomic E-state index is 13.1. The normalized spacial score (nSPS) is 18.7. The van der Waals surface area contributed by atoms with Gasteiger partial charge < -0.3 is 15.0 Å². The highest BCUT2D eigenvalue weighted by Crippen LogP contribution is 2.42. The first-order chi connectivity index (χ1) is 14.3. The van der Waals surface area contributed by atoms with Crippen LogP contribution in [-0.2, 0) is 19.9 Å². The molecule has 2 aromatic rings. The van der Waals surface area contributed by atoms with Crippen molar-refractivity contribution < 1.29 is 19.1 Å². The summed E-state index contributed by atoms with van der Waals surface area (Å²) in [5, 5.41) is 3.91. The first-order valence-electron chi connectivity index (χ1n) is 9.69. The summed E-state index contributed by atoms with van der Waals surface area (Å²) in [6.07, 6.45) is 2.41. The van der Waals surface area contributed by atoms with Gasteiger partial charge in [0.15, 0.2) is 12.4 Å². The molecule has 1 fully saturated rings. The van der Waals surface area contributed by atoms with Gasteiger partial charge in [0.05, 0.1) is 5.69 Å². The van der Waals surface area contributed by atoms with E-state index in [1.807, 2.05) is 0 Å². The van der Waals surface area contributed by atoms with Crippen molar-refractivity contribution in [3.8, 4) is 0 Å². The Kier molecular flexibility index (Phi) is 6.77. The number of rotatable bonds is 6. The molecule has 1 heterocycles. The van der Waals surface area contributed by atoms with Gasteiger partial charge in [-0.3, -0.25) is 9.59 Å². The SMILES string of the molecule is CNc1snc(C)c1C(=O)OCC(=O)N(C)[C@]1(c2ccccc2Cl)CCCCC1=O. The van der Waals surface area contributed by atoms with Gasteiger partial charge in [0.2, 0.25) is 0 Å². The number of hydrogen-bond acceptors (Lipinski definition) is 7. The number of aromatic nitrogens is 1. The molecule has 0 aliphatic heterocycles. The lowest BCUT2D eigenvalue weighted by Crippen LogP contribution is -2.55. The van der Waals surface area contributed by atoms with E-state index in [2.05, 4.69) is 9.69 Å². The standard InChI is InChI=1S/C21H24ClN3O4S/c1-13-18(19(23-2)30-24-13)20(28)29-12-17(27)25(3)21(11-7-6-10-16(21)26)14-8-4-5-9-15(14)22/h4-5,8-9,23H,6-7,10-12H2,1-3H3/t21-/m0/s1. The summed E-state index contributed by atoms with van der Waals surface area (Å²) in [5.41, 5.74) is 0.294. The number of ketones is 1. The Morgan fingerprint density at radius 1 is 1.33 bits per heavy atom. The molecular formula is C21H24ClN3O4S. The molecule has 1 atom stereocenters. The molecule has 0 spiro atoms. The average Bonchev–Trinajstić information content (AvgIpc) is 3.13. The molecule has 1 amide bonds. The van der Waals surface area contributed by atoms with Gasteiger partial charge in [-0.2, -0.15) is 4.37 Å². The highest BCUT2D eigenvalue weighted by Gasteiger charge is 2.48. The van der Waals surface area contributed by atoms with Gasteiger partial charge >= 0.3 is 5.97 Å². The molecule has 7 nitrogen and oxygen atoms in total. The smallest absolute Gasteiger partial charge is 0.343 e. The second-order valence-corrected chi connectivity index (χ2v) is 8.40. The Morgan fingerprint density at radius 2 is 2.07 bits per heavy atom. The quantitative estimate of drug-likeness (QED) is 0.675. The number of halogens is 1. The van der Waals surface area contributed by atoms with E-state index in [0.29, 0.717) is 39.7 Å². The average molecular weight is 450 g/mol. The van der Waals surface area contributed by atoms with Gasteiger partial charge in [-0.15, -0.1) is 0 Å². The van der Waals surface area contributed by atoms with Crippen LogP contribution in [0, 0.1) is 6.92 Å². The predicted molar refractivity (Wildman–Crippen MR) is 116 cm³/mol. The van der Waals surface area contributed by atoms with Gasteiger partial charge in [-0.05, 0) is 43.8 Å². The van der Waals surface area contributed by atoms with E-state index in [-0.39, 0.29) is 5.78 Å². The second kappa shape index (κ2) is 9.14. The molecule has 160 valence electrons. The molecule has 0 radical (unpaired) electrons. The van der Waals surface area contributed by atoms with E-state index < -0.39 is 24.0 Å². The van der Waals surface area contributed by atoms with Crippen molar-refractivity contribution in [2.24, 2.45) is 0 Å². The summed E-state index contributed by atoms with van der Waals surface area (Å²) in [5.74, 6) is -1.15. The summed E-state index contributed by atoms with van der Waals surface area (Å²) in [4.78, 5) is 40.0. The molecule has 3 rings (SSSR count). The lowest BCUT2D eigenvalue weighted by Gasteiger charge is -2.43. The molecule has 30 heavy (non-hydrogen) atoms. The van der Waals surface area contributed by atoms with Gasteiger partial charge in [0, 0.05) is 31.1 Å². The van der Waals surface area contributed by atoms with Crippen molar-refractivity contribution >= 4 is 45.8 Å². The first kappa shape index (κ1) is 22.2. The zero-order valence-corrected chi connectivity index (χ0v) is 18.7. The number of ether oxygens (including phenoxy) is 1. The molecule has 1 N–H and O–H groups in total. The highest BCUT2D eigenvalue weighted by molar-refractivity contribution is 7.10. The van der Waals surface area contributed by atoms with E-state index in [9.17, 15) is 14.4 Å². The van der Waals surface area contributed by atoms with Crippen molar-refractivity contribution in [1.82, 2.24) is 9.27 Å². The lowest BCUT2D eigenvalue weighted by atomic mass is 9.74. The molecular weight excluding hydrogens is 426 g/mol. The fraction of sp³-hybridized carbons (Fsp3) is 0.429. The van der Waals surface area contributed by atoms with Crippen LogP contribution in [0.3, 0.4) is 0 Å². The monoisotopic (exact) mass is 449 g/mol. The number of anilines is 1. The number of hydrogen-bond donors (Lipinski definition) is 1. The minimum Gasteiger partial charge on any atom is -0.452 e. The van der Waals surface area contributed by atoms with Crippen LogP contribution in [0.15, 0.2) is 24.3 Å². The first-order valence-corrected chi connectivity index (χ1v) is 10.8. The van der Waals surface area contributed by atoms with Crippen LogP contribution in [-0.4, -0.2) is 47.6 Å². The molecule has 0 bridgehead atoms. The maximum atomic E-state index is 13.1. The van der Waals surface area contributed by atoms with Gasteiger partial charge in [-0.25, -0.2) is 4.79 Å². The molecule has 1 saturated carbocycles. The Morgan fingerprint density at radius 3 is 2.73 bits per heavy atom. The van der Waals surface area contributed by atoms with Crippen molar-refractivity contribution in [1.29, 1.82) is 0 Å². The molecule has 1 aromatic carbocycles. The number of amides is 1. The molecule has 1 aromatic heterocycles. The lowest BCUT2D eigenvalue weighted by molar-refractivity contribution is -0.150. The van der Waals surface area contributed by atoms with Crippen LogP contribution in [0.2, 0.25) is 5.02 Å². The van der Waals surface area contributed by atoms with E-state index in [1.54, 1.807) is 45.3 Å². The van der Waals surface area contributed by atoms with Crippen LogP contribution in [0.4, 0.5) is 5.00 Å². The molecule has 0 saturated heterocycles. The largest absolute Gasteiger partial charge is 0.452 e. The Bertz CT molecular complexity index is 977. The molecule has 9 heteroatoms. The molecule has 1 aliphatic carbocycles. The third-order valence-corrected chi connectivity index (χ3v) is 6.83. The third-order valence-electron chi connectivity index (χ3n) is 5.54. The fourth-order valence-electron chi connectivity index (χ4n) is 3.92. The number of Topliss-reactive ketones (excluding diaryl/α,β-unsaturated/α-hetero) is 1. The zero-order chi connectivity index (χ0) is 21.9. The third kappa shape index (κ3) is 3.94. The Labute approximate surface area is 184 Å².